The molecule has 200 valence electrons. The van der Waals surface area contributed by atoms with Gasteiger partial charge in [0.15, 0.2) is 11.3 Å². The van der Waals surface area contributed by atoms with E-state index < -0.39 is 23.6 Å². The molecule has 2 aromatic heterocycles. The van der Waals surface area contributed by atoms with Crippen molar-refractivity contribution in [3.05, 3.63) is 107 Å². The summed E-state index contributed by atoms with van der Waals surface area (Å²) in [5.74, 6) is -0.547. The maximum Gasteiger partial charge on any atom is 0.412 e. The lowest BCUT2D eigenvalue weighted by atomic mass is 9.93. The normalized spacial score (nSPS) is 14.4. The fourth-order valence-corrected chi connectivity index (χ4v) is 5.26. The van der Waals surface area contributed by atoms with E-state index in [2.05, 4.69) is 10.3 Å². The quantitative estimate of drug-likeness (QED) is 0.236. The van der Waals surface area contributed by atoms with E-state index in [1.54, 1.807) is 31.5 Å². The first kappa shape index (κ1) is 25.6. The van der Waals surface area contributed by atoms with Crippen molar-refractivity contribution in [3.63, 3.8) is 0 Å². The number of nitrogens with zero attached hydrogens (tertiary/aromatic N) is 1. The Hall–Kier alpha value is -4.62. The number of anilines is 1. The minimum Gasteiger partial charge on any atom is -0.549 e. The Morgan fingerprint density at radius 2 is 1.62 bits per heavy atom. The number of ether oxygens (including phenoxy) is 1. The number of hydrogen-bond acceptors (Lipinski definition) is 6. The number of benzene rings is 3. The van der Waals surface area contributed by atoms with Crippen LogP contribution in [0.2, 0.25) is 5.02 Å². The summed E-state index contributed by atoms with van der Waals surface area (Å²) in [5, 5.41) is 15.6. The number of hydrogen-bond donors (Lipinski definition) is 1. The van der Waals surface area contributed by atoms with Gasteiger partial charge in [0.05, 0.1) is 17.9 Å². The Morgan fingerprint density at radius 3 is 2.27 bits per heavy atom. The van der Waals surface area contributed by atoms with Crippen LogP contribution in [0.25, 0.3) is 33.4 Å². The standard InChI is InChI=1S/C32H25ClN2O5/c1-19(24-4-2-3-5-26(24)33)39-31(38)35-28-25-14-17-34-18-27(25)40-29(28)22-8-6-20(7-9-22)21-10-12-23(13-11-21)32(15-16-32)30(36)37/h2-14,17-19H,15-16H2,1H3,(H,35,38)(H,36,37)/p-1. The average molecular weight is 552 g/mol. The highest BCUT2D eigenvalue weighted by Gasteiger charge is 2.45. The monoisotopic (exact) mass is 551 g/mol. The predicted molar refractivity (Wildman–Crippen MR) is 151 cm³/mol. The number of aromatic nitrogens is 1. The van der Waals surface area contributed by atoms with Gasteiger partial charge < -0.3 is 19.1 Å². The number of furan rings is 1. The summed E-state index contributed by atoms with van der Waals surface area (Å²) in [6, 6.07) is 24.2. The van der Waals surface area contributed by atoms with Crippen LogP contribution in [0.15, 0.2) is 95.7 Å². The number of fused-ring (bicyclic) bond motifs is 1. The predicted octanol–water partition coefficient (Wildman–Crippen LogP) is 6.91. The van der Waals surface area contributed by atoms with Gasteiger partial charge in [-0.15, -0.1) is 0 Å². The van der Waals surface area contributed by atoms with Crippen LogP contribution < -0.4 is 10.4 Å². The summed E-state index contributed by atoms with van der Waals surface area (Å²) < 4.78 is 11.7. The van der Waals surface area contributed by atoms with E-state index in [9.17, 15) is 14.7 Å². The van der Waals surface area contributed by atoms with Crippen molar-refractivity contribution in [3.8, 4) is 22.5 Å². The molecule has 1 fully saturated rings. The van der Waals surface area contributed by atoms with Crippen molar-refractivity contribution in [2.75, 3.05) is 5.32 Å². The smallest absolute Gasteiger partial charge is 0.412 e. The molecular formula is C32H24ClN2O5-. The highest BCUT2D eigenvalue weighted by atomic mass is 35.5. The largest absolute Gasteiger partial charge is 0.549 e. The minimum atomic E-state index is -1.02. The molecule has 1 unspecified atom stereocenters. The van der Waals surface area contributed by atoms with Crippen LogP contribution in [0.3, 0.4) is 0 Å². The second kappa shape index (κ2) is 10.2. The van der Waals surface area contributed by atoms with Crippen LogP contribution in [0, 0.1) is 0 Å². The molecule has 7 nitrogen and oxygen atoms in total. The number of amides is 1. The maximum atomic E-state index is 12.9. The third kappa shape index (κ3) is 4.69. The number of halogens is 1. The molecule has 6 rings (SSSR count). The van der Waals surface area contributed by atoms with E-state index in [1.165, 1.54) is 0 Å². The zero-order valence-corrected chi connectivity index (χ0v) is 22.3. The van der Waals surface area contributed by atoms with Gasteiger partial charge in [0, 0.05) is 33.1 Å². The Morgan fingerprint density at radius 1 is 0.975 bits per heavy atom. The number of carboxylic acid groups (broad SMARTS) is 1. The van der Waals surface area contributed by atoms with Crippen LogP contribution in [-0.4, -0.2) is 17.0 Å². The second-order valence-electron chi connectivity index (χ2n) is 9.90. The summed E-state index contributed by atoms with van der Waals surface area (Å²) in [7, 11) is 0. The van der Waals surface area contributed by atoms with Crippen molar-refractivity contribution in [1.82, 2.24) is 4.98 Å². The van der Waals surface area contributed by atoms with Gasteiger partial charge in [0.25, 0.3) is 0 Å². The number of carbonyl (C=O) groups excluding carboxylic acids is 2. The summed E-state index contributed by atoms with van der Waals surface area (Å²) in [4.78, 5) is 28.6. The van der Waals surface area contributed by atoms with Crippen molar-refractivity contribution in [2.24, 2.45) is 0 Å². The van der Waals surface area contributed by atoms with Gasteiger partial charge >= 0.3 is 6.09 Å². The van der Waals surface area contributed by atoms with E-state index >= 15 is 0 Å². The first-order valence-corrected chi connectivity index (χ1v) is 13.2. The first-order chi connectivity index (χ1) is 19.4. The first-order valence-electron chi connectivity index (χ1n) is 12.9. The van der Waals surface area contributed by atoms with Crippen molar-refractivity contribution < 1.29 is 23.8 Å². The lowest BCUT2D eigenvalue weighted by Gasteiger charge is -2.17. The van der Waals surface area contributed by atoms with Gasteiger partial charge in [0.1, 0.15) is 6.10 Å². The molecule has 0 bridgehead atoms. The van der Waals surface area contributed by atoms with E-state index in [0.29, 0.717) is 45.8 Å². The summed E-state index contributed by atoms with van der Waals surface area (Å²) in [6.07, 6.45) is 3.23. The van der Waals surface area contributed by atoms with Crippen LogP contribution in [0.1, 0.15) is 37.0 Å². The number of rotatable bonds is 7. The molecule has 0 saturated heterocycles. The Labute approximate surface area is 235 Å². The highest BCUT2D eigenvalue weighted by Crippen LogP contribution is 2.48. The summed E-state index contributed by atoms with van der Waals surface area (Å²) >= 11 is 6.27. The maximum absolute atomic E-state index is 12.9. The molecule has 0 aliphatic heterocycles. The van der Waals surface area contributed by atoms with Gasteiger partial charge in [-0.1, -0.05) is 78.3 Å². The third-order valence-corrected chi connectivity index (χ3v) is 7.75. The molecule has 1 aliphatic rings. The number of aliphatic carboxylic acids is 1. The van der Waals surface area contributed by atoms with Gasteiger partial charge in [-0.2, -0.15) is 0 Å². The Balaban J connectivity index is 1.25. The van der Waals surface area contributed by atoms with Crippen LogP contribution in [0.5, 0.6) is 0 Å². The highest BCUT2D eigenvalue weighted by molar-refractivity contribution is 6.31. The van der Waals surface area contributed by atoms with Crippen LogP contribution in [0.4, 0.5) is 10.5 Å². The molecule has 0 spiro atoms. The van der Waals surface area contributed by atoms with E-state index in [0.717, 1.165) is 22.3 Å². The fraction of sp³-hybridized carbons (Fsp3) is 0.156. The number of carbonyl (C=O) groups is 2. The number of pyridine rings is 1. The van der Waals surface area contributed by atoms with Crippen molar-refractivity contribution in [1.29, 1.82) is 0 Å². The summed E-state index contributed by atoms with van der Waals surface area (Å²) in [5.41, 5.74) is 4.29. The molecule has 1 aliphatic carbocycles. The van der Waals surface area contributed by atoms with Crippen LogP contribution in [-0.2, 0) is 14.9 Å². The summed E-state index contributed by atoms with van der Waals surface area (Å²) in [6.45, 7) is 1.76. The lowest BCUT2D eigenvalue weighted by molar-refractivity contribution is -0.309. The molecule has 5 aromatic rings. The van der Waals surface area contributed by atoms with E-state index in [4.69, 9.17) is 20.8 Å². The van der Waals surface area contributed by atoms with Crippen molar-refractivity contribution >= 4 is 40.3 Å². The molecule has 40 heavy (non-hydrogen) atoms. The third-order valence-electron chi connectivity index (χ3n) is 7.41. The molecule has 1 atom stereocenters. The molecule has 8 heteroatoms. The molecule has 1 saturated carbocycles. The zero-order chi connectivity index (χ0) is 27.9. The SMILES string of the molecule is CC(OC(=O)Nc1c(-c2ccc(-c3ccc(C4(C(=O)[O-])CC4)cc3)cc2)oc2cnccc12)c1ccccc1Cl. The minimum absolute atomic E-state index is 0.469. The fourth-order valence-electron chi connectivity index (χ4n) is 4.97. The molecule has 1 N–H and O–H groups in total. The van der Waals surface area contributed by atoms with Gasteiger partial charge in [0.2, 0.25) is 0 Å². The Bertz CT molecular complexity index is 1720. The Kier molecular flexibility index (Phi) is 6.52. The second-order valence-corrected chi connectivity index (χ2v) is 10.3. The number of nitrogens with one attached hydrogen (secondary N) is 1. The van der Waals surface area contributed by atoms with E-state index in [1.807, 2.05) is 66.7 Å². The topological polar surface area (TPSA) is 104 Å². The molecule has 0 radical (unpaired) electrons. The lowest BCUT2D eigenvalue weighted by Crippen LogP contribution is -2.35. The molecule has 1 amide bonds. The molecule has 2 heterocycles. The van der Waals surface area contributed by atoms with Gasteiger partial charge in [-0.25, -0.2) is 4.79 Å². The van der Waals surface area contributed by atoms with Gasteiger partial charge in [-0.05, 0) is 48.6 Å². The van der Waals surface area contributed by atoms with Crippen molar-refractivity contribution in [2.45, 2.75) is 31.3 Å². The molecule has 3 aromatic carbocycles. The number of carboxylic acids is 1. The zero-order valence-electron chi connectivity index (χ0n) is 21.5. The van der Waals surface area contributed by atoms with Gasteiger partial charge in [-0.3, -0.25) is 10.3 Å². The average Bonchev–Trinajstić information content (AvgIpc) is 3.71. The van der Waals surface area contributed by atoms with E-state index in [-0.39, 0.29) is 0 Å². The molecular weight excluding hydrogens is 528 g/mol. The van der Waals surface area contributed by atoms with Crippen LogP contribution >= 0.6 is 11.6 Å².